The molecular formula is C22H23N3O4S. The second-order valence-electron chi connectivity index (χ2n) is 6.50. The molecule has 1 saturated heterocycles. The topological polar surface area (TPSA) is 79.9 Å². The summed E-state index contributed by atoms with van der Waals surface area (Å²) >= 11 is 5.19. The first-order valence-electron chi connectivity index (χ1n) is 9.47. The molecule has 8 heteroatoms. The summed E-state index contributed by atoms with van der Waals surface area (Å²) in [5.74, 6) is 0.286. The van der Waals surface area contributed by atoms with E-state index in [1.165, 1.54) is 6.08 Å². The van der Waals surface area contributed by atoms with Gasteiger partial charge in [-0.15, -0.1) is 0 Å². The number of carbonyl (C=O) groups excluding carboxylic acids is 2. The van der Waals surface area contributed by atoms with Gasteiger partial charge in [-0.1, -0.05) is 18.2 Å². The molecule has 0 saturated carbocycles. The predicted octanol–water partition coefficient (Wildman–Crippen LogP) is 2.69. The van der Waals surface area contributed by atoms with Crippen molar-refractivity contribution in [2.24, 2.45) is 0 Å². The van der Waals surface area contributed by atoms with E-state index in [9.17, 15) is 9.59 Å². The van der Waals surface area contributed by atoms with Gasteiger partial charge in [0.25, 0.3) is 5.91 Å². The highest BCUT2D eigenvalue weighted by molar-refractivity contribution is 7.80. The van der Waals surface area contributed by atoms with Crippen LogP contribution in [0.4, 0.5) is 5.69 Å². The van der Waals surface area contributed by atoms with Gasteiger partial charge in [-0.2, -0.15) is 0 Å². The molecule has 1 fully saturated rings. The molecule has 0 radical (unpaired) electrons. The van der Waals surface area contributed by atoms with E-state index < -0.39 is 0 Å². The summed E-state index contributed by atoms with van der Waals surface area (Å²) in [7, 11) is 1.57. The van der Waals surface area contributed by atoms with Crippen LogP contribution >= 0.6 is 12.2 Å². The van der Waals surface area contributed by atoms with Crippen molar-refractivity contribution in [2.75, 3.05) is 38.7 Å². The van der Waals surface area contributed by atoms with E-state index in [0.717, 1.165) is 5.56 Å². The normalized spacial score (nSPS) is 13.7. The molecule has 2 aromatic rings. The average Bonchev–Trinajstić information content (AvgIpc) is 2.78. The molecule has 0 bridgehead atoms. The highest BCUT2D eigenvalue weighted by Gasteiger charge is 2.18. The Morgan fingerprint density at radius 2 is 1.80 bits per heavy atom. The zero-order chi connectivity index (χ0) is 21.3. The summed E-state index contributed by atoms with van der Waals surface area (Å²) in [6, 6.07) is 14.3. The number of amides is 2. The van der Waals surface area contributed by atoms with Gasteiger partial charge < -0.3 is 19.7 Å². The van der Waals surface area contributed by atoms with E-state index in [1.54, 1.807) is 42.4 Å². The van der Waals surface area contributed by atoms with E-state index in [-0.39, 0.29) is 16.9 Å². The van der Waals surface area contributed by atoms with Crippen LogP contribution in [0.2, 0.25) is 0 Å². The summed E-state index contributed by atoms with van der Waals surface area (Å²) < 4.78 is 10.5. The Balaban J connectivity index is 1.52. The van der Waals surface area contributed by atoms with E-state index in [2.05, 4.69) is 10.6 Å². The predicted molar refractivity (Wildman–Crippen MR) is 120 cm³/mol. The van der Waals surface area contributed by atoms with Crippen molar-refractivity contribution >= 4 is 40.9 Å². The molecule has 0 unspecified atom stereocenters. The van der Waals surface area contributed by atoms with Crippen LogP contribution < -0.4 is 15.4 Å². The number of thiocarbonyl (C=S) groups is 1. The fourth-order valence-electron chi connectivity index (χ4n) is 2.93. The quantitative estimate of drug-likeness (QED) is 0.566. The van der Waals surface area contributed by atoms with Gasteiger partial charge in [0.2, 0.25) is 5.91 Å². The Kier molecular flexibility index (Phi) is 7.53. The molecule has 3 rings (SSSR count). The summed E-state index contributed by atoms with van der Waals surface area (Å²) in [6.07, 6.45) is 3.04. The van der Waals surface area contributed by atoms with Crippen LogP contribution in [0.5, 0.6) is 5.75 Å². The monoisotopic (exact) mass is 425 g/mol. The Labute approximate surface area is 180 Å². The zero-order valence-corrected chi connectivity index (χ0v) is 17.4. The molecule has 0 aliphatic carbocycles. The van der Waals surface area contributed by atoms with E-state index in [4.69, 9.17) is 21.7 Å². The number of benzene rings is 2. The van der Waals surface area contributed by atoms with Gasteiger partial charge in [0.05, 0.1) is 20.3 Å². The number of nitrogens with one attached hydrogen (secondary N) is 2. The average molecular weight is 426 g/mol. The molecule has 156 valence electrons. The van der Waals surface area contributed by atoms with Crippen LogP contribution in [0.3, 0.4) is 0 Å². The van der Waals surface area contributed by atoms with E-state index in [0.29, 0.717) is 43.3 Å². The minimum Gasteiger partial charge on any atom is -0.496 e. The van der Waals surface area contributed by atoms with Gasteiger partial charge in [0, 0.05) is 36.0 Å². The molecule has 2 N–H and O–H groups in total. The van der Waals surface area contributed by atoms with Crippen LogP contribution in [0, 0.1) is 0 Å². The third-order valence-electron chi connectivity index (χ3n) is 4.48. The summed E-state index contributed by atoms with van der Waals surface area (Å²) in [5, 5.41) is 5.69. The standard InChI is InChI=1S/C22H23N3O4S/c1-28-19-5-3-2-4-16(19)8-11-20(26)24-22(30)23-18-9-6-17(7-10-18)21(27)25-12-14-29-15-13-25/h2-11H,12-15H2,1H3,(H2,23,24,26,30)/b11-8+. The number of nitrogens with zero attached hydrogens (tertiary/aromatic N) is 1. The molecule has 0 aromatic heterocycles. The van der Waals surface area contributed by atoms with Crippen molar-refractivity contribution in [1.82, 2.24) is 10.2 Å². The van der Waals surface area contributed by atoms with Crippen molar-refractivity contribution in [3.05, 3.63) is 65.7 Å². The third-order valence-corrected chi connectivity index (χ3v) is 4.68. The van der Waals surface area contributed by atoms with Gasteiger partial charge in [-0.05, 0) is 48.6 Å². The molecule has 2 aromatic carbocycles. The lowest BCUT2D eigenvalue weighted by molar-refractivity contribution is -0.115. The third kappa shape index (κ3) is 5.88. The first-order chi connectivity index (χ1) is 14.6. The summed E-state index contributed by atoms with van der Waals surface area (Å²) in [4.78, 5) is 26.3. The van der Waals surface area contributed by atoms with Gasteiger partial charge in [-0.25, -0.2) is 0 Å². The summed E-state index contributed by atoms with van der Waals surface area (Å²) in [5.41, 5.74) is 2.05. The maximum absolute atomic E-state index is 12.5. The maximum Gasteiger partial charge on any atom is 0.254 e. The van der Waals surface area contributed by atoms with Crippen molar-refractivity contribution in [3.8, 4) is 5.75 Å². The van der Waals surface area contributed by atoms with Crippen molar-refractivity contribution in [3.63, 3.8) is 0 Å². The number of para-hydroxylation sites is 1. The minimum atomic E-state index is -0.363. The van der Waals surface area contributed by atoms with Crippen LogP contribution in [0.25, 0.3) is 6.08 Å². The van der Waals surface area contributed by atoms with Crippen molar-refractivity contribution < 1.29 is 19.1 Å². The van der Waals surface area contributed by atoms with Crippen LogP contribution in [0.1, 0.15) is 15.9 Å². The molecular weight excluding hydrogens is 402 g/mol. The Hall–Kier alpha value is -3.23. The first kappa shape index (κ1) is 21.5. The lowest BCUT2D eigenvalue weighted by atomic mass is 10.1. The molecule has 1 aliphatic heterocycles. The molecule has 7 nitrogen and oxygen atoms in total. The van der Waals surface area contributed by atoms with Crippen molar-refractivity contribution in [2.45, 2.75) is 0 Å². The lowest BCUT2D eigenvalue weighted by Gasteiger charge is -2.26. The van der Waals surface area contributed by atoms with Crippen LogP contribution in [-0.4, -0.2) is 55.2 Å². The van der Waals surface area contributed by atoms with E-state index in [1.807, 2.05) is 24.3 Å². The molecule has 0 spiro atoms. The SMILES string of the molecule is COc1ccccc1/C=C/C(=O)NC(=S)Nc1ccc(C(=O)N2CCOCC2)cc1. The molecule has 2 amide bonds. The van der Waals surface area contributed by atoms with Crippen LogP contribution in [0.15, 0.2) is 54.6 Å². The van der Waals surface area contributed by atoms with Gasteiger partial charge in [0.15, 0.2) is 5.11 Å². The second-order valence-corrected chi connectivity index (χ2v) is 6.91. The number of anilines is 1. The lowest BCUT2D eigenvalue weighted by Crippen LogP contribution is -2.40. The second kappa shape index (κ2) is 10.5. The van der Waals surface area contributed by atoms with Gasteiger partial charge in [0.1, 0.15) is 5.75 Å². The fraction of sp³-hybridized carbons (Fsp3) is 0.227. The maximum atomic E-state index is 12.5. The number of methoxy groups -OCH3 is 1. The smallest absolute Gasteiger partial charge is 0.254 e. The highest BCUT2D eigenvalue weighted by atomic mass is 32.1. The minimum absolute atomic E-state index is 0.0257. The molecule has 1 heterocycles. The number of ether oxygens (including phenoxy) is 2. The van der Waals surface area contributed by atoms with Gasteiger partial charge in [-0.3, -0.25) is 14.9 Å². The molecule has 0 atom stereocenters. The van der Waals surface area contributed by atoms with Crippen LogP contribution in [-0.2, 0) is 9.53 Å². The van der Waals surface area contributed by atoms with E-state index >= 15 is 0 Å². The Morgan fingerprint density at radius 3 is 2.50 bits per heavy atom. The Morgan fingerprint density at radius 1 is 1.10 bits per heavy atom. The number of rotatable bonds is 5. The number of hydrogen-bond acceptors (Lipinski definition) is 5. The first-order valence-corrected chi connectivity index (χ1v) is 9.88. The zero-order valence-electron chi connectivity index (χ0n) is 16.6. The number of hydrogen-bond donors (Lipinski definition) is 2. The van der Waals surface area contributed by atoms with Gasteiger partial charge >= 0.3 is 0 Å². The number of carbonyl (C=O) groups is 2. The highest BCUT2D eigenvalue weighted by Crippen LogP contribution is 2.18. The Bertz CT molecular complexity index is 938. The largest absolute Gasteiger partial charge is 0.496 e. The fourth-order valence-corrected chi connectivity index (χ4v) is 3.15. The molecule has 1 aliphatic rings. The number of morpholine rings is 1. The molecule has 30 heavy (non-hydrogen) atoms. The van der Waals surface area contributed by atoms with Crippen molar-refractivity contribution in [1.29, 1.82) is 0 Å². The summed E-state index contributed by atoms with van der Waals surface area (Å²) in [6.45, 7) is 2.31.